The fraction of sp³-hybridized carbons (Fsp3) is 0.517. The number of fused-ring (bicyclic) bond motifs is 2. The SMILES string of the molecule is COc1cc2c(cc1OC)[C@H](CCc1c[nH]c3ccccc13)N(CC1CCOCC1)CCCC2. The Morgan fingerprint density at radius 1 is 1.03 bits per heavy atom. The number of nitrogens with zero attached hydrogens (tertiary/aromatic N) is 1. The monoisotopic (exact) mass is 462 g/mol. The van der Waals surface area contributed by atoms with Crippen LogP contribution >= 0.6 is 0 Å². The largest absolute Gasteiger partial charge is 0.493 e. The lowest BCUT2D eigenvalue weighted by atomic mass is 9.88. The van der Waals surface area contributed by atoms with Crippen molar-refractivity contribution < 1.29 is 14.2 Å². The topological polar surface area (TPSA) is 46.7 Å². The predicted molar refractivity (Wildman–Crippen MR) is 137 cm³/mol. The molecule has 1 saturated heterocycles. The molecule has 0 saturated carbocycles. The average Bonchev–Trinajstić information content (AvgIpc) is 3.29. The molecule has 182 valence electrons. The summed E-state index contributed by atoms with van der Waals surface area (Å²) in [5.74, 6) is 2.39. The Bertz CT molecular complexity index is 1090. The molecule has 34 heavy (non-hydrogen) atoms. The second-order valence-electron chi connectivity index (χ2n) is 9.83. The van der Waals surface area contributed by atoms with Crippen LogP contribution in [0.1, 0.15) is 54.8 Å². The van der Waals surface area contributed by atoms with E-state index in [1.807, 2.05) is 0 Å². The van der Waals surface area contributed by atoms with Gasteiger partial charge in [0.05, 0.1) is 14.2 Å². The number of para-hydroxylation sites is 1. The maximum atomic E-state index is 5.75. The van der Waals surface area contributed by atoms with Gasteiger partial charge in [-0.3, -0.25) is 4.90 Å². The standard InChI is InChI=1S/C29H38N2O3/c1-32-28-17-22-7-5-6-14-31(20-21-12-15-34-16-13-21)27(25(22)18-29(28)33-2)11-10-23-19-30-26-9-4-3-8-24(23)26/h3-4,8-9,17-19,21,27,30H,5-7,10-16,20H2,1-2H3/t27-/m0/s1. The van der Waals surface area contributed by atoms with E-state index in [1.54, 1.807) is 14.2 Å². The van der Waals surface area contributed by atoms with E-state index in [0.717, 1.165) is 57.1 Å². The highest BCUT2D eigenvalue weighted by atomic mass is 16.5. The number of hydrogen-bond acceptors (Lipinski definition) is 4. The van der Waals surface area contributed by atoms with E-state index < -0.39 is 0 Å². The molecule has 0 radical (unpaired) electrons. The maximum Gasteiger partial charge on any atom is 0.161 e. The summed E-state index contributed by atoms with van der Waals surface area (Å²) in [4.78, 5) is 6.24. The number of aromatic nitrogens is 1. The van der Waals surface area contributed by atoms with Crippen LogP contribution in [0.2, 0.25) is 0 Å². The molecule has 1 N–H and O–H groups in total. The summed E-state index contributed by atoms with van der Waals surface area (Å²) in [6, 6.07) is 13.5. The minimum Gasteiger partial charge on any atom is -0.493 e. The molecule has 0 spiro atoms. The Hall–Kier alpha value is -2.50. The van der Waals surface area contributed by atoms with Gasteiger partial charge < -0.3 is 19.2 Å². The van der Waals surface area contributed by atoms with Gasteiger partial charge in [0.15, 0.2) is 11.5 Å². The molecule has 5 nitrogen and oxygen atoms in total. The second kappa shape index (κ2) is 10.8. The van der Waals surface area contributed by atoms with Gasteiger partial charge in [-0.25, -0.2) is 0 Å². The quantitative estimate of drug-likeness (QED) is 0.473. The van der Waals surface area contributed by atoms with E-state index in [4.69, 9.17) is 14.2 Å². The van der Waals surface area contributed by atoms with Gasteiger partial charge in [-0.05, 0) is 92.3 Å². The Labute approximate surface area is 203 Å². The summed E-state index contributed by atoms with van der Waals surface area (Å²) in [6.45, 7) is 4.11. The highest BCUT2D eigenvalue weighted by molar-refractivity contribution is 5.83. The van der Waals surface area contributed by atoms with Crippen molar-refractivity contribution in [2.45, 2.75) is 51.0 Å². The van der Waals surface area contributed by atoms with Crippen LogP contribution in [0.15, 0.2) is 42.6 Å². The van der Waals surface area contributed by atoms with Crippen LogP contribution in [0, 0.1) is 5.92 Å². The lowest BCUT2D eigenvalue weighted by Gasteiger charge is -2.38. The third-order valence-electron chi connectivity index (χ3n) is 7.78. The van der Waals surface area contributed by atoms with Crippen LogP contribution in [0.4, 0.5) is 0 Å². The molecule has 2 aromatic carbocycles. The Balaban J connectivity index is 1.48. The van der Waals surface area contributed by atoms with Gasteiger partial charge in [0, 0.05) is 42.9 Å². The molecule has 3 aromatic rings. The van der Waals surface area contributed by atoms with Crippen molar-refractivity contribution in [2.75, 3.05) is 40.5 Å². The second-order valence-corrected chi connectivity index (χ2v) is 9.83. The molecule has 3 heterocycles. The molecule has 1 atom stereocenters. The molecule has 1 aromatic heterocycles. The first-order valence-corrected chi connectivity index (χ1v) is 12.9. The number of hydrogen-bond donors (Lipinski definition) is 1. The first kappa shape index (κ1) is 23.3. The number of benzene rings is 2. The molecule has 0 amide bonds. The Morgan fingerprint density at radius 2 is 1.82 bits per heavy atom. The molecule has 0 bridgehead atoms. The van der Waals surface area contributed by atoms with E-state index >= 15 is 0 Å². The minimum absolute atomic E-state index is 0.367. The van der Waals surface area contributed by atoms with Crippen molar-refractivity contribution in [1.82, 2.24) is 9.88 Å². The lowest BCUT2D eigenvalue weighted by Crippen LogP contribution is -2.37. The van der Waals surface area contributed by atoms with Gasteiger partial charge >= 0.3 is 0 Å². The molecule has 0 unspecified atom stereocenters. The van der Waals surface area contributed by atoms with Crippen LogP contribution in [0.5, 0.6) is 11.5 Å². The summed E-state index contributed by atoms with van der Waals surface area (Å²) in [6.07, 6.45) is 10.2. The number of nitrogens with one attached hydrogen (secondary N) is 1. The average molecular weight is 463 g/mol. The number of rotatable bonds is 7. The van der Waals surface area contributed by atoms with Crippen molar-refractivity contribution in [3.8, 4) is 11.5 Å². The third kappa shape index (κ3) is 4.96. The normalized spacial score (nSPS) is 20.0. The highest BCUT2D eigenvalue weighted by Crippen LogP contribution is 2.40. The number of aryl methyl sites for hydroxylation is 2. The van der Waals surface area contributed by atoms with Crippen molar-refractivity contribution in [3.63, 3.8) is 0 Å². The molecular formula is C29H38N2O3. The van der Waals surface area contributed by atoms with Crippen molar-refractivity contribution in [1.29, 1.82) is 0 Å². The number of methoxy groups -OCH3 is 2. The zero-order chi connectivity index (χ0) is 23.3. The fourth-order valence-corrected chi connectivity index (χ4v) is 5.89. The van der Waals surface area contributed by atoms with Crippen LogP contribution < -0.4 is 9.47 Å². The van der Waals surface area contributed by atoms with E-state index in [9.17, 15) is 0 Å². The van der Waals surface area contributed by atoms with Gasteiger partial charge in [0.1, 0.15) is 0 Å². The van der Waals surface area contributed by atoms with E-state index in [0.29, 0.717) is 12.0 Å². The zero-order valence-corrected chi connectivity index (χ0v) is 20.6. The van der Waals surface area contributed by atoms with Gasteiger partial charge in [0.25, 0.3) is 0 Å². The first-order valence-electron chi connectivity index (χ1n) is 12.9. The van der Waals surface area contributed by atoms with Gasteiger partial charge in [-0.1, -0.05) is 18.2 Å². The van der Waals surface area contributed by atoms with Crippen LogP contribution in [-0.4, -0.2) is 50.4 Å². The minimum atomic E-state index is 0.367. The molecule has 1 fully saturated rings. The van der Waals surface area contributed by atoms with Crippen molar-refractivity contribution in [3.05, 3.63) is 59.3 Å². The van der Waals surface area contributed by atoms with Crippen molar-refractivity contribution >= 4 is 10.9 Å². The van der Waals surface area contributed by atoms with Gasteiger partial charge in [-0.2, -0.15) is 0 Å². The van der Waals surface area contributed by atoms with E-state index in [1.165, 1.54) is 53.3 Å². The van der Waals surface area contributed by atoms with Crippen LogP contribution in [0.25, 0.3) is 10.9 Å². The van der Waals surface area contributed by atoms with Gasteiger partial charge in [0.2, 0.25) is 0 Å². The van der Waals surface area contributed by atoms with Crippen LogP contribution in [0.3, 0.4) is 0 Å². The number of aromatic amines is 1. The zero-order valence-electron chi connectivity index (χ0n) is 20.6. The summed E-state index contributed by atoms with van der Waals surface area (Å²) in [5, 5.41) is 1.34. The first-order chi connectivity index (χ1) is 16.8. The van der Waals surface area contributed by atoms with Crippen LogP contribution in [-0.2, 0) is 17.6 Å². The summed E-state index contributed by atoms with van der Waals surface area (Å²) in [5.41, 5.74) is 5.47. The number of H-pyrrole nitrogens is 1. The summed E-state index contributed by atoms with van der Waals surface area (Å²) >= 11 is 0. The van der Waals surface area contributed by atoms with Crippen molar-refractivity contribution in [2.24, 2.45) is 5.92 Å². The lowest BCUT2D eigenvalue weighted by molar-refractivity contribution is 0.0430. The molecular weight excluding hydrogens is 424 g/mol. The molecule has 5 rings (SSSR count). The Kier molecular flexibility index (Phi) is 7.41. The molecule has 2 aliphatic rings. The number of ether oxygens (including phenoxy) is 3. The molecule has 2 aliphatic heterocycles. The predicted octanol–water partition coefficient (Wildman–Crippen LogP) is 5.92. The Morgan fingerprint density at radius 3 is 2.65 bits per heavy atom. The highest BCUT2D eigenvalue weighted by Gasteiger charge is 2.29. The fourth-order valence-electron chi connectivity index (χ4n) is 5.89. The smallest absolute Gasteiger partial charge is 0.161 e. The molecule has 0 aliphatic carbocycles. The molecule has 5 heteroatoms. The summed E-state index contributed by atoms with van der Waals surface area (Å²) in [7, 11) is 3.48. The van der Waals surface area contributed by atoms with Gasteiger partial charge in [-0.15, -0.1) is 0 Å². The third-order valence-corrected chi connectivity index (χ3v) is 7.78. The van der Waals surface area contributed by atoms with E-state index in [-0.39, 0.29) is 0 Å². The maximum absolute atomic E-state index is 5.75. The summed E-state index contributed by atoms with van der Waals surface area (Å²) < 4.78 is 17.1. The van der Waals surface area contributed by atoms with E-state index in [2.05, 4.69) is 52.5 Å².